The monoisotopic (exact) mass is 347 g/mol. The minimum absolute atomic E-state index is 0.0000754. The molecule has 1 saturated heterocycles. The molecule has 0 aromatic carbocycles. The molecule has 2 heterocycles. The Balaban J connectivity index is 1.66. The molecule has 0 bridgehead atoms. The number of aryl methyl sites for hydroxylation is 1. The Morgan fingerprint density at radius 2 is 2.14 bits per heavy atom. The van der Waals surface area contributed by atoms with Gasteiger partial charge in [-0.1, -0.05) is 11.8 Å². The summed E-state index contributed by atoms with van der Waals surface area (Å²) >= 11 is 1.48. The number of aromatic nitrogens is 3. The molecule has 1 aliphatic rings. The maximum Gasteiger partial charge on any atom is 0.223 e. The lowest BCUT2D eigenvalue weighted by molar-refractivity contribution is -0.125. The summed E-state index contributed by atoms with van der Waals surface area (Å²) < 4.78 is 24.3. The Hall–Kier alpha value is -1.13. The van der Waals surface area contributed by atoms with E-state index in [0.29, 0.717) is 43.4 Å². The van der Waals surface area contributed by atoms with E-state index in [1.807, 2.05) is 6.92 Å². The smallest absolute Gasteiger partial charge is 0.223 e. The van der Waals surface area contributed by atoms with Gasteiger partial charge in [0, 0.05) is 31.3 Å². The fourth-order valence-corrected chi connectivity index (χ4v) is 3.87. The normalized spacial score (nSPS) is 17.5. The molecule has 0 radical (unpaired) electrons. The highest BCUT2D eigenvalue weighted by atomic mass is 32.2. The SMILES string of the molecule is Cc1nc(SCCNC(=O)C2CCN(S(C)(=O)=O)CC2)n[nH]1. The highest BCUT2D eigenvalue weighted by Gasteiger charge is 2.28. The van der Waals surface area contributed by atoms with Gasteiger partial charge < -0.3 is 5.32 Å². The third-order valence-corrected chi connectivity index (χ3v) is 5.66. The highest BCUT2D eigenvalue weighted by molar-refractivity contribution is 7.99. The molecule has 2 rings (SSSR count). The average molecular weight is 347 g/mol. The van der Waals surface area contributed by atoms with Crippen molar-refractivity contribution in [2.24, 2.45) is 5.92 Å². The van der Waals surface area contributed by atoms with Crippen LogP contribution in [-0.4, -0.2) is 65.5 Å². The molecule has 1 aliphatic heterocycles. The summed E-state index contributed by atoms with van der Waals surface area (Å²) in [5.41, 5.74) is 0. The van der Waals surface area contributed by atoms with Crippen molar-refractivity contribution in [3.63, 3.8) is 0 Å². The Morgan fingerprint density at radius 3 is 2.68 bits per heavy atom. The van der Waals surface area contributed by atoms with Crippen LogP contribution in [0.5, 0.6) is 0 Å². The number of nitrogens with one attached hydrogen (secondary N) is 2. The van der Waals surface area contributed by atoms with Crippen molar-refractivity contribution in [2.45, 2.75) is 24.9 Å². The van der Waals surface area contributed by atoms with E-state index in [4.69, 9.17) is 0 Å². The molecule has 0 aliphatic carbocycles. The summed E-state index contributed by atoms with van der Waals surface area (Å²) in [5.74, 6) is 1.36. The number of hydrogen-bond acceptors (Lipinski definition) is 6. The van der Waals surface area contributed by atoms with E-state index in [-0.39, 0.29) is 11.8 Å². The standard InChI is InChI=1S/C12H21N5O3S2/c1-9-14-12(16-15-9)21-8-5-13-11(18)10-3-6-17(7-4-10)22(2,19)20/h10H,3-8H2,1-2H3,(H,13,18)(H,14,15,16). The number of H-pyrrole nitrogens is 1. The molecule has 0 unspecified atom stereocenters. The lowest BCUT2D eigenvalue weighted by Gasteiger charge is -2.29. The van der Waals surface area contributed by atoms with Crippen LogP contribution in [0.1, 0.15) is 18.7 Å². The summed E-state index contributed by atoms with van der Waals surface area (Å²) in [5, 5.41) is 10.3. The lowest BCUT2D eigenvalue weighted by atomic mass is 9.97. The number of rotatable bonds is 6. The fourth-order valence-electron chi connectivity index (χ4n) is 2.30. The van der Waals surface area contributed by atoms with Crippen LogP contribution in [0.4, 0.5) is 0 Å². The van der Waals surface area contributed by atoms with Crippen molar-refractivity contribution in [1.29, 1.82) is 0 Å². The van der Waals surface area contributed by atoms with Crippen LogP contribution in [-0.2, 0) is 14.8 Å². The minimum atomic E-state index is -3.14. The van der Waals surface area contributed by atoms with Gasteiger partial charge in [-0.05, 0) is 19.8 Å². The summed E-state index contributed by atoms with van der Waals surface area (Å²) in [6, 6.07) is 0. The number of nitrogens with zero attached hydrogens (tertiary/aromatic N) is 3. The third kappa shape index (κ3) is 4.96. The van der Waals surface area contributed by atoms with Gasteiger partial charge in [0.1, 0.15) is 5.82 Å². The summed E-state index contributed by atoms with van der Waals surface area (Å²) in [6.45, 7) is 3.22. The van der Waals surface area contributed by atoms with Crippen molar-refractivity contribution in [3.8, 4) is 0 Å². The van der Waals surface area contributed by atoms with Crippen molar-refractivity contribution in [2.75, 3.05) is 31.6 Å². The van der Waals surface area contributed by atoms with Crippen LogP contribution < -0.4 is 5.32 Å². The molecule has 0 atom stereocenters. The zero-order valence-electron chi connectivity index (χ0n) is 12.7. The first-order valence-electron chi connectivity index (χ1n) is 7.11. The molecule has 1 aromatic heterocycles. The first-order valence-corrected chi connectivity index (χ1v) is 9.94. The van der Waals surface area contributed by atoms with Gasteiger partial charge >= 0.3 is 0 Å². The number of piperidine rings is 1. The van der Waals surface area contributed by atoms with Gasteiger partial charge in [0.05, 0.1) is 6.26 Å². The molecule has 8 nitrogen and oxygen atoms in total. The average Bonchev–Trinajstić information content (AvgIpc) is 2.88. The number of carbonyl (C=O) groups excluding carboxylic acids is 1. The predicted octanol–water partition coefficient (Wildman–Crippen LogP) is -0.00698. The van der Waals surface area contributed by atoms with Gasteiger partial charge in [0.2, 0.25) is 21.1 Å². The zero-order chi connectivity index (χ0) is 16.2. The molecule has 1 amide bonds. The van der Waals surface area contributed by atoms with Crippen LogP contribution in [0.15, 0.2) is 5.16 Å². The number of carbonyl (C=O) groups is 1. The van der Waals surface area contributed by atoms with Crippen molar-refractivity contribution in [1.82, 2.24) is 24.8 Å². The fraction of sp³-hybridized carbons (Fsp3) is 0.750. The Bertz CT molecular complexity index is 608. The number of thioether (sulfide) groups is 1. The highest BCUT2D eigenvalue weighted by Crippen LogP contribution is 2.19. The number of sulfonamides is 1. The van der Waals surface area contributed by atoms with E-state index in [1.165, 1.54) is 22.3 Å². The second-order valence-electron chi connectivity index (χ2n) is 5.28. The topological polar surface area (TPSA) is 108 Å². The summed E-state index contributed by atoms with van der Waals surface area (Å²) in [6.07, 6.45) is 2.35. The third-order valence-electron chi connectivity index (χ3n) is 3.50. The second kappa shape index (κ2) is 7.42. The molecule has 1 fully saturated rings. The minimum Gasteiger partial charge on any atom is -0.355 e. The maximum atomic E-state index is 12.0. The zero-order valence-corrected chi connectivity index (χ0v) is 14.3. The Labute approximate surface area is 134 Å². The molecule has 22 heavy (non-hydrogen) atoms. The van der Waals surface area contributed by atoms with Gasteiger partial charge in [-0.3, -0.25) is 9.89 Å². The quantitative estimate of drug-likeness (QED) is 0.554. The molecule has 124 valence electrons. The van der Waals surface area contributed by atoms with E-state index in [1.54, 1.807) is 0 Å². The lowest BCUT2D eigenvalue weighted by Crippen LogP contribution is -2.42. The molecular formula is C12H21N5O3S2. The maximum absolute atomic E-state index is 12.0. The van der Waals surface area contributed by atoms with Crippen LogP contribution >= 0.6 is 11.8 Å². The number of hydrogen-bond donors (Lipinski definition) is 2. The molecule has 1 aromatic rings. The van der Waals surface area contributed by atoms with Gasteiger partial charge in [-0.25, -0.2) is 17.7 Å². The molecule has 2 N–H and O–H groups in total. The van der Waals surface area contributed by atoms with Gasteiger partial charge in [-0.15, -0.1) is 5.10 Å². The number of amides is 1. The van der Waals surface area contributed by atoms with Crippen molar-refractivity contribution < 1.29 is 13.2 Å². The van der Waals surface area contributed by atoms with Crippen LogP contribution in [0, 0.1) is 12.8 Å². The largest absolute Gasteiger partial charge is 0.355 e. The molecular weight excluding hydrogens is 326 g/mol. The predicted molar refractivity (Wildman–Crippen MR) is 84.0 cm³/mol. The first kappa shape index (κ1) is 17.2. The van der Waals surface area contributed by atoms with E-state index in [2.05, 4.69) is 20.5 Å². The number of aromatic amines is 1. The van der Waals surface area contributed by atoms with Crippen LogP contribution in [0.25, 0.3) is 0 Å². The van der Waals surface area contributed by atoms with Crippen LogP contribution in [0.3, 0.4) is 0 Å². The van der Waals surface area contributed by atoms with Crippen molar-refractivity contribution in [3.05, 3.63) is 5.82 Å². The molecule has 0 spiro atoms. The van der Waals surface area contributed by atoms with Crippen molar-refractivity contribution >= 4 is 27.7 Å². The first-order chi connectivity index (χ1) is 10.4. The second-order valence-corrected chi connectivity index (χ2v) is 8.32. The van der Waals surface area contributed by atoms with Gasteiger partial charge in [0.15, 0.2) is 0 Å². The van der Waals surface area contributed by atoms with Gasteiger partial charge in [0.25, 0.3) is 0 Å². The Morgan fingerprint density at radius 1 is 1.45 bits per heavy atom. The molecule has 0 saturated carbocycles. The Kier molecular flexibility index (Phi) is 5.81. The molecule has 10 heteroatoms. The van der Waals surface area contributed by atoms with Gasteiger partial charge in [-0.2, -0.15) is 0 Å². The van der Waals surface area contributed by atoms with E-state index >= 15 is 0 Å². The van der Waals surface area contributed by atoms with E-state index < -0.39 is 10.0 Å². The summed E-state index contributed by atoms with van der Waals surface area (Å²) in [4.78, 5) is 16.2. The van der Waals surface area contributed by atoms with E-state index in [0.717, 1.165) is 5.82 Å². The summed E-state index contributed by atoms with van der Waals surface area (Å²) in [7, 11) is -3.14. The van der Waals surface area contributed by atoms with E-state index in [9.17, 15) is 13.2 Å². The van der Waals surface area contributed by atoms with Crippen LogP contribution in [0.2, 0.25) is 0 Å².